The molecular weight excluding hydrogens is 476 g/mol. The molecule has 180 valence electrons. The average Bonchev–Trinajstić information content (AvgIpc) is 3.14. The number of nitrogens with zero attached hydrogens (tertiary/aromatic N) is 4. The molecule has 1 aliphatic carbocycles. The first kappa shape index (κ1) is 24.7. The van der Waals surface area contributed by atoms with Crippen molar-refractivity contribution < 1.29 is 4.21 Å². The van der Waals surface area contributed by atoms with Gasteiger partial charge in [-0.2, -0.15) is 0 Å². The minimum Gasteiger partial charge on any atom is -0.382 e. The van der Waals surface area contributed by atoms with Crippen molar-refractivity contribution in [3.63, 3.8) is 0 Å². The van der Waals surface area contributed by atoms with Gasteiger partial charge in [0.25, 0.3) is 0 Å². The summed E-state index contributed by atoms with van der Waals surface area (Å²) in [5.74, 6) is 1.23. The Morgan fingerprint density at radius 2 is 2.00 bits per heavy atom. The topological polar surface area (TPSA) is 97.0 Å². The van der Waals surface area contributed by atoms with Crippen molar-refractivity contribution in [1.82, 2.24) is 19.7 Å². The second kappa shape index (κ2) is 9.68. The van der Waals surface area contributed by atoms with Crippen molar-refractivity contribution in [1.29, 1.82) is 0 Å². The summed E-state index contributed by atoms with van der Waals surface area (Å²) in [7, 11) is -1.04. The lowest BCUT2D eigenvalue weighted by molar-refractivity contribution is 0.188. The number of hydrogen-bond acceptors (Lipinski definition) is 7. The van der Waals surface area contributed by atoms with Gasteiger partial charge in [-0.1, -0.05) is 29.8 Å². The number of anilines is 2. The molecule has 2 aromatic rings. The summed E-state index contributed by atoms with van der Waals surface area (Å²) in [6.45, 7) is 9.94. The molecule has 2 atom stereocenters. The van der Waals surface area contributed by atoms with E-state index in [2.05, 4.69) is 19.6 Å². The van der Waals surface area contributed by atoms with E-state index < -0.39 is 11.0 Å². The Morgan fingerprint density at radius 3 is 2.67 bits per heavy atom. The van der Waals surface area contributed by atoms with Crippen molar-refractivity contribution in [2.45, 2.75) is 80.5 Å². The highest BCUT2D eigenvalue weighted by atomic mass is 35.5. The standard InChI is InChI=1S/C23H33ClN6OS2/c1-15-21(32-16-7-11-26-20(25)19(16)24)27-14-18(28-15)30-12-9-23(10-13-30)8-5-6-17(23)29-33(31)22(2,3)4/h7,11,14,17,29H,5-6,8-10,12-13H2,1-4H3,(H2,25,26)/t17-,33-/m1/s1. The third-order valence-electron chi connectivity index (χ3n) is 6.77. The Bertz CT molecular complexity index is 1040. The fraction of sp³-hybridized carbons (Fsp3) is 0.609. The zero-order chi connectivity index (χ0) is 23.8. The summed E-state index contributed by atoms with van der Waals surface area (Å²) in [6.07, 6.45) is 9.16. The third-order valence-corrected chi connectivity index (χ3v) is 10.0. The van der Waals surface area contributed by atoms with Crippen LogP contribution in [0.25, 0.3) is 0 Å². The minimum absolute atomic E-state index is 0.230. The van der Waals surface area contributed by atoms with Gasteiger partial charge in [-0.3, -0.25) is 0 Å². The van der Waals surface area contributed by atoms with Crippen LogP contribution in [0.4, 0.5) is 11.6 Å². The molecule has 2 aliphatic rings. The Labute approximate surface area is 208 Å². The van der Waals surface area contributed by atoms with E-state index in [1.165, 1.54) is 24.6 Å². The molecular formula is C23H33ClN6OS2. The number of halogens is 1. The van der Waals surface area contributed by atoms with Gasteiger partial charge < -0.3 is 10.6 Å². The van der Waals surface area contributed by atoms with Gasteiger partial charge in [-0.25, -0.2) is 23.9 Å². The second-order valence-electron chi connectivity index (χ2n) is 10.0. The van der Waals surface area contributed by atoms with E-state index in [0.717, 1.165) is 53.8 Å². The Kier molecular flexibility index (Phi) is 7.24. The van der Waals surface area contributed by atoms with E-state index in [9.17, 15) is 4.21 Å². The fourth-order valence-corrected chi connectivity index (χ4v) is 6.78. The lowest BCUT2D eigenvalue weighted by atomic mass is 9.74. The number of aromatic nitrogens is 3. The molecule has 1 aliphatic heterocycles. The molecule has 0 amide bonds. The normalized spacial score (nSPS) is 21.5. The van der Waals surface area contributed by atoms with E-state index >= 15 is 0 Å². The Balaban J connectivity index is 1.42. The van der Waals surface area contributed by atoms with Crippen LogP contribution in [0.5, 0.6) is 0 Å². The first-order valence-corrected chi connectivity index (χ1v) is 13.8. The molecule has 3 heterocycles. The fourth-order valence-electron chi connectivity index (χ4n) is 4.74. The van der Waals surface area contributed by atoms with Crippen LogP contribution in [-0.4, -0.2) is 43.0 Å². The van der Waals surface area contributed by atoms with Crippen molar-refractivity contribution in [2.75, 3.05) is 23.7 Å². The van der Waals surface area contributed by atoms with Crippen LogP contribution in [-0.2, 0) is 11.0 Å². The molecule has 2 fully saturated rings. The molecule has 1 saturated carbocycles. The van der Waals surface area contributed by atoms with E-state index in [0.29, 0.717) is 16.9 Å². The van der Waals surface area contributed by atoms with E-state index in [4.69, 9.17) is 22.3 Å². The molecule has 1 spiro atoms. The monoisotopic (exact) mass is 508 g/mol. The maximum atomic E-state index is 12.7. The number of pyridine rings is 1. The predicted octanol–water partition coefficient (Wildman–Crippen LogP) is 4.76. The zero-order valence-corrected chi connectivity index (χ0v) is 22.1. The van der Waals surface area contributed by atoms with E-state index in [-0.39, 0.29) is 10.2 Å². The molecule has 0 unspecified atom stereocenters. The van der Waals surface area contributed by atoms with Gasteiger partial charge in [0.05, 0.1) is 32.6 Å². The molecule has 4 rings (SSSR count). The molecule has 33 heavy (non-hydrogen) atoms. The summed E-state index contributed by atoms with van der Waals surface area (Å²) in [5, 5.41) is 1.26. The average molecular weight is 509 g/mol. The summed E-state index contributed by atoms with van der Waals surface area (Å²) < 4.78 is 16.0. The summed E-state index contributed by atoms with van der Waals surface area (Å²) in [5.41, 5.74) is 6.92. The van der Waals surface area contributed by atoms with Crippen molar-refractivity contribution >= 4 is 46.0 Å². The maximum absolute atomic E-state index is 12.7. The second-order valence-corrected chi connectivity index (χ2v) is 13.4. The van der Waals surface area contributed by atoms with Gasteiger partial charge in [-0.15, -0.1) is 0 Å². The lowest BCUT2D eigenvalue weighted by Crippen LogP contribution is -2.51. The van der Waals surface area contributed by atoms with Gasteiger partial charge in [0.2, 0.25) is 0 Å². The number of piperidine rings is 1. The quantitative estimate of drug-likeness (QED) is 0.601. The molecule has 0 radical (unpaired) electrons. The molecule has 1 saturated heterocycles. The van der Waals surface area contributed by atoms with Crippen molar-refractivity contribution in [2.24, 2.45) is 5.41 Å². The van der Waals surface area contributed by atoms with Crippen LogP contribution in [0.1, 0.15) is 58.6 Å². The highest BCUT2D eigenvalue weighted by Gasteiger charge is 2.46. The number of nitrogens with one attached hydrogen (secondary N) is 1. The van der Waals surface area contributed by atoms with Gasteiger partial charge in [-0.05, 0) is 64.9 Å². The number of nitrogen functional groups attached to an aromatic ring is 1. The Morgan fingerprint density at radius 1 is 1.27 bits per heavy atom. The summed E-state index contributed by atoms with van der Waals surface area (Å²) in [6, 6.07) is 2.16. The van der Waals surface area contributed by atoms with Gasteiger partial charge in [0.15, 0.2) is 0 Å². The zero-order valence-electron chi connectivity index (χ0n) is 19.7. The third kappa shape index (κ3) is 5.31. The summed E-state index contributed by atoms with van der Waals surface area (Å²) >= 11 is 7.74. The SMILES string of the molecule is Cc1nc(N2CCC3(CCC[C@H]3N[S@](=O)C(C)(C)C)CC2)cnc1Sc1ccnc(N)c1Cl. The number of rotatable bonds is 5. The van der Waals surface area contributed by atoms with E-state index in [1.54, 1.807) is 6.20 Å². The molecule has 0 aromatic carbocycles. The van der Waals surface area contributed by atoms with Crippen LogP contribution >= 0.6 is 23.4 Å². The van der Waals surface area contributed by atoms with Crippen molar-refractivity contribution in [3.05, 3.63) is 29.2 Å². The first-order valence-electron chi connectivity index (χ1n) is 11.4. The molecule has 7 nitrogen and oxygen atoms in total. The molecule has 3 N–H and O–H groups in total. The first-order chi connectivity index (χ1) is 15.6. The van der Waals surface area contributed by atoms with Crippen LogP contribution in [0, 0.1) is 12.3 Å². The Hall–Kier alpha value is -1.42. The van der Waals surface area contributed by atoms with Crippen LogP contribution in [0.15, 0.2) is 28.4 Å². The van der Waals surface area contributed by atoms with Gasteiger partial charge in [0.1, 0.15) is 16.7 Å². The maximum Gasteiger partial charge on any atom is 0.147 e. The number of hydrogen-bond donors (Lipinski definition) is 2. The van der Waals surface area contributed by atoms with E-state index in [1.807, 2.05) is 40.0 Å². The molecule has 2 aromatic heterocycles. The largest absolute Gasteiger partial charge is 0.382 e. The lowest BCUT2D eigenvalue weighted by Gasteiger charge is -2.44. The molecule has 0 bridgehead atoms. The predicted molar refractivity (Wildman–Crippen MR) is 137 cm³/mol. The number of aryl methyl sites for hydroxylation is 1. The van der Waals surface area contributed by atoms with Crippen molar-refractivity contribution in [3.8, 4) is 0 Å². The van der Waals surface area contributed by atoms with Gasteiger partial charge in [0, 0.05) is 30.2 Å². The molecule has 10 heteroatoms. The highest BCUT2D eigenvalue weighted by molar-refractivity contribution is 7.99. The highest BCUT2D eigenvalue weighted by Crippen LogP contribution is 2.47. The van der Waals surface area contributed by atoms with Gasteiger partial charge >= 0.3 is 0 Å². The van der Waals surface area contributed by atoms with Crippen LogP contribution < -0.4 is 15.4 Å². The summed E-state index contributed by atoms with van der Waals surface area (Å²) in [4.78, 5) is 16.7. The van der Waals surface area contributed by atoms with Crippen LogP contribution in [0.2, 0.25) is 5.02 Å². The van der Waals surface area contributed by atoms with Crippen LogP contribution in [0.3, 0.4) is 0 Å². The minimum atomic E-state index is -1.04. The number of nitrogens with two attached hydrogens (primary N) is 1. The smallest absolute Gasteiger partial charge is 0.147 e.